The van der Waals surface area contributed by atoms with Gasteiger partial charge in [0.05, 0.1) is 0 Å². The van der Waals surface area contributed by atoms with Crippen LogP contribution in [0.1, 0.15) is 11.1 Å². The minimum atomic E-state index is 0.391. The maximum atomic E-state index is 10.2. The number of aliphatic imine (C=N–C) groups is 2. The Morgan fingerprint density at radius 2 is 1.86 bits per heavy atom. The van der Waals surface area contributed by atoms with Crippen molar-refractivity contribution < 1.29 is 9.59 Å². The number of benzene rings is 1. The molecule has 0 radical (unpaired) electrons. The summed E-state index contributed by atoms with van der Waals surface area (Å²) in [6, 6.07) is 3.55. The van der Waals surface area contributed by atoms with Crippen LogP contribution in [-0.2, 0) is 22.4 Å². The van der Waals surface area contributed by atoms with E-state index in [9.17, 15) is 9.59 Å². The summed E-state index contributed by atoms with van der Waals surface area (Å²) in [4.78, 5) is 27.3. The SMILES string of the molecule is O=C=Nc1ccc2c(c1N=C=O)CC2. The molecule has 0 amide bonds. The van der Waals surface area contributed by atoms with Gasteiger partial charge in [-0.2, -0.15) is 9.98 Å². The molecular weight excluding hydrogens is 180 g/mol. The molecule has 0 bridgehead atoms. The molecule has 2 rings (SSSR count). The average molecular weight is 186 g/mol. The van der Waals surface area contributed by atoms with E-state index in [-0.39, 0.29) is 0 Å². The van der Waals surface area contributed by atoms with Gasteiger partial charge in [-0.25, -0.2) is 9.59 Å². The Balaban J connectivity index is 2.66. The number of nitrogens with zero attached hydrogens (tertiary/aromatic N) is 2. The molecule has 4 nitrogen and oxygen atoms in total. The summed E-state index contributed by atoms with van der Waals surface area (Å²) < 4.78 is 0. The summed E-state index contributed by atoms with van der Waals surface area (Å²) in [5.41, 5.74) is 3.00. The highest BCUT2D eigenvalue weighted by molar-refractivity contribution is 5.74. The topological polar surface area (TPSA) is 58.9 Å². The predicted molar refractivity (Wildman–Crippen MR) is 49.4 cm³/mol. The van der Waals surface area contributed by atoms with Gasteiger partial charge < -0.3 is 0 Å². The van der Waals surface area contributed by atoms with Gasteiger partial charge >= 0.3 is 0 Å². The lowest BCUT2D eigenvalue weighted by Crippen LogP contribution is -2.07. The van der Waals surface area contributed by atoms with Gasteiger partial charge in [-0.1, -0.05) is 6.07 Å². The lowest BCUT2D eigenvalue weighted by Gasteiger charge is -2.20. The molecule has 0 aromatic heterocycles. The molecule has 1 aromatic rings. The molecule has 4 heteroatoms. The van der Waals surface area contributed by atoms with Gasteiger partial charge in [0, 0.05) is 0 Å². The molecule has 0 heterocycles. The molecule has 0 saturated heterocycles. The van der Waals surface area contributed by atoms with Crippen molar-refractivity contribution in [2.24, 2.45) is 9.98 Å². The standard InChI is InChI=1S/C10H6N2O2/c13-5-11-9-4-2-7-1-3-8(7)10(9)12-6-14/h2,4H,1,3H2. The molecule has 68 valence electrons. The Morgan fingerprint density at radius 3 is 2.43 bits per heavy atom. The number of rotatable bonds is 2. The molecule has 0 fully saturated rings. The van der Waals surface area contributed by atoms with Crippen LogP contribution in [0, 0.1) is 0 Å². The van der Waals surface area contributed by atoms with Crippen molar-refractivity contribution in [3.63, 3.8) is 0 Å². The highest BCUT2D eigenvalue weighted by Crippen LogP contribution is 2.39. The van der Waals surface area contributed by atoms with Gasteiger partial charge in [-0.05, 0) is 30.0 Å². The quantitative estimate of drug-likeness (QED) is 0.521. The summed E-state index contributed by atoms with van der Waals surface area (Å²) in [5, 5.41) is 0. The first-order chi connectivity index (χ1) is 6.86. The zero-order valence-electron chi connectivity index (χ0n) is 7.28. The van der Waals surface area contributed by atoms with Crippen LogP contribution in [0.15, 0.2) is 22.1 Å². The molecular formula is C10H6N2O2. The molecule has 0 atom stereocenters. The molecule has 0 saturated carbocycles. The van der Waals surface area contributed by atoms with E-state index in [1.54, 1.807) is 6.07 Å². The van der Waals surface area contributed by atoms with E-state index in [1.165, 1.54) is 12.2 Å². The van der Waals surface area contributed by atoms with Gasteiger partial charge in [0.25, 0.3) is 0 Å². The van der Waals surface area contributed by atoms with Gasteiger partial charge in [-0.3, -0.25) is 0 Å². The third kappa shape index (κ3) is 1.19. The summed E-state index contributed by atoms with van der Waals surface area (Å²) in [5.74, 6) is 0. The van der Waals surface area contributed by atoms with Crippen LogP contribution in [0.2, 0.25) is 0 Å². The normalized spacial score (nSPS) is 11.7. The zero-order valence-corrected chi connectivity index (χ0v) is 7.28. The Bertz CT molecular complexity index is 481. The number of carbonyl (C=O) groups excluding carboxylic acids is 2. The summed E-state index contributed by atoms with van der Waals surface area (Å²) in [7, 11) is 0. The maximum absolute atomic E-state index is 10.2. The number of hydrogen-bond donors (Lipinski definition) is 0. The zero-order chi connectivity index (χ0) is 9.97. The number of hydrogen-bond acceptors (Lipinski definition) is 4. The van der Waals surface area contributed by atoms with Crippen LogP contribution in [-0.4, -0.2) is 12.2 Å². The summed E-state index contributed by atoms with van der Waals surface area (Å²) in [6.45, 7) is 0. The molecule has 0 unspecified atom stereocenters. The van der Waals surface area contributed by atoms with Crippen molar-refractivity contribution >= 4 is 23.5 Å². The Hall–Kier alpha value is -2.02. The Morgan fingerprint density at radius 1 is 1.07 bits per heavy atom. The van der Waals surface area contributed by atoms with Crippen LogP contribution < -0.4 is 0 Å². The molecule has 1 aromatic carbocycles. The molecule has 0 N–H and O–H groups in total. The maximum Gasteiger partial charge on any atom is 0.240 e. The second kappa shape index (κ2) is 3.38. The van der Waals surface area contributed by atoms with Gasteiger partial charge in [-0.15, -0.1) is 0 Å². The fourth-order valence-corrected chi connectivity index (χ4v) is 1.57. The second-order valence-corrected chi connectivity index (χ2v) is 2.98. The lowest BCUT2D eigenvalue weighted by molar-refractivity contribution is 0.564. The summed E-state index contributed by atoms with van der Waals surface area (Å²) in [6.07, 6.45) is 4.77. The Labute approximate surface area is 80.0 Å². The minimum Gasteiger partial charge on any atom is -0.211 e. The van der Waals surface area contributed by atoms with Crippen LogP contribution in [0.3, 0.4) is 0 Å². The van der Waals surface area contributed by atoms with Gasteiger partial charge in [0.2, 0.25) is 12.2 Å². The monoisotopic (exact) mass is 186 g/mol. The van der Waals surface area contributed by atoms with E-state index in [4.69, 9.17) is 0 Å². The van der Waals surface area contributed by atoms with Crippen LogP contribution in [0.25, 0.3) is 0 Å². The van der Waals surface area contributed by atoms with Crippen molar-refractivity contribution in [1.29, 1.82) is 0 Å². The van der Waals surface area contributed by atoms with Crippen molar-refractivity contribution in [1.82, 2.24) is 0 Å². The van der Waals surface area contributed by atoms with Crippen molar-refractivity contribution in [2.45, 2.75) is 12.8 Å². The first-order valence-electron chi connectivity index (χ1n) is 4.17. The van der Waals surface area contributed by atoms with E-state index < -0.39 is 0 Å². The number of aryl methyl sites for hydroxylation is 1. The van der Waals surface area contributed by atoms with E-state index in [0.29, 0.717) is 11.4 Å². The third-order valence-corrected chi connectivity index (χ3v) is 2.33. The highest BCUT2D eigenvalue weighted by Gasteiger charge is 2.19. The predicted octanol–water partition coefficient (Wildman–Crippen LogP) is 1.72. The van der Waals surface area contributed by atoms with E-state index in [1.807, 2.05) is 6.07 Å². The first-order valence-corrected chi connectivity index (χ1v) is 4.17. The van der Waals surface area contributed by atoms with E-state index >= 15 is 0 Å². The average Bonchev–Trinajstić information content (AvgIpc) is 2.12. The summed E-state index contributed by atoms with van der Waals surface area (Å²) >= 11 is 0. The Kier molecular flexibility index (Phi) is 2.07. The lowest BCUT2D eigenvalue weighted by atomic mass is 9.86. The van der Waals surface area contributed by atoms with Crippen molar-refractivity contribution in [3.8, 4) is 0 Å². The van der Waals surface area contributed by atoms with Gasteiger partial charge in [0.1, 0.15) is 11.4 Å². The molecule has 1 aliphatic carbocycles. The van der Waals surface area contributed by atoms with E-state index in [0.717, 1.165) is 24.0 Å². The van der Waals surface area contributed by atoms with Crippen LogP contribution in [0.4, 0.5) is 11.4 Å². The smallest absolute Gasteiger partial charge is 0.211 e. The van der Waals surface area contributed by atoms with Gasteiger partial charge in [0.15, 0.2) is 0 Å². The van der Waals surface area contributed by atoms with Crippen LogP contribution in [0.5, 0.6) is 0 Å². The fraction of sp³-hybridized carbons (Fsp3) is 0.200. The van der Waals surface area contributed by atoms with E-state index in [2.05, 4.69) is 9.98 Å². The first kappa shape index (κ1) is 8.57. The second-order valence-electron chi connectivity index (χ2n) is 2.98. The molecule has 1 aliphatic rings. The number of isocyanates is 2. The largest absolute Gasteiger partial charge is 0.240 e. The molecule has 0 spiro atoms. The van der Waals surface area contributed by atoms with Crippen molar-refractivity contribution in [3.05, 3.63) is 23.3 Å². The third-order valence-electron chi connectivity index (χ3n) is 2.33. The number of fused-ring (bicyclic) bond motifs is 1. The van der Waals surface area contributed by atoms with Crippen LogP contribution >= 0.6 is 0 Å². The highest BCUT2D eigenvalue weighted by atomic mass is 16.1. The molecule has 0 aliphatic heterocycles. The minimum absolute atomic E-state index is 0.391. The fourth-order valence-electron chi connectivity index (χ4n) is 1.57. The molecule has 14 heavy (non-hydrogen) atoms. The van der Waals surface area contributed by atoms with Crippen molar-refractivity contribution in [2.75, 3.05) is 0 Å².